The zero-order valence-electron chi connectivity index (χ0n) is 24.6. The first kappa shape index (κ1) is 30.0. The Morgan fingerprint density at radius 2 is 1.82 bits per heavy atom. The molecule has 3 heterocycles. The van der Waals surface area contributed by atoms with E-state index in [0.29, 0.717) is 32.5 Å². The second kappa shape index (κ2) is 11.5. The zero-order valence-corrected chi connectivity index (χ0v) is 24.6. The molecule has 0 aromatic heterocycles. The molecule has 3 fully saturated rings. The van der Waals surface area contributed by atoms with Crippen LogP contribution in [-0.4, -0.2) is 86.6 Å². The maximum atomic E-state index is 14.5. The van der Waals surface area contributed by atoms with Crippen molar-refractivity contribution in [2.75, 3.05) is 19.7 Å². The van der Waals surface area contributed by atoms with Crippen LogP contribution in [0.5, 0.6) is 0 Å². The van der Waals surface area contributed by atoms with Crippen LogP contribution in [-0.2, 0) is 25.7 Å². The minimum Gasteiger partial charge on any atom is -0.394 e. The Morgan fingerprint density at radius 3 is 2.38 bits per heavy atom. The van der Waals surface area contributed by atoms with Crippen LogP contribution in [0.15, 0.2) is 55.6 Å². The summed E-state index contributed by atoms with van der Waals surface area (Å²) in [5.41, 5.74) is -1.10. The molecule has 0 radical (unpaired) electrons. The number of aliphatic hydroxyl groups is 1. The lowest BCUT2D eigenvalue weighted by atomic mass is 9.62. The Balaban J connectivity index is 1.83. The molecular formula is C32H45N3O5. The lowest BCUT2D eigenvalue weighted by Crippen LogP contribution is -2.59. The number of amides is 3. The maximum absolute atomic E-state index is 14.5. The molecule has 0 saturated carbocycles. The fraction of sp³-hybridized carbons (Fsp3) is 0.594. The van der Waals surface area contributed by atoms with Crippen molar-refractivity contribution >= 4 is 17.7 Å². The molecule has 218 valence electrons. The van der Waals surface area contributed by atoms with Crippen LogP contribution in [0.2, 0.25) is 0 Å². The fourth-order valence-electron chi connectivity index (χ4n) is 7.38. The van der Waals surface area contributed by atoms with Crippen LogP contribution < -0.4 is 0 Å². The zero-order chi connectivity index (χ0) is 29.4. The van der Waals surface area contributed by atoms with Gasteiger partial charge < -0.3 is 24.5 Å². The second-order valence-corrected chi connectivity index (χ2v) is 12.1. The van der Waals surface area contributed by atoms with Gasteiger partial charge in [-0.3, -0.25) is 14.4 Å². The van der Waals surface area contributed by atoms with Crippen molar-refractivity contribution in [3.05, 3.63) is 61.2 Å². The van der Waals surface area contributed by atoms with Gasteiger partial charge in [-0.25, -0.2) is 0 Å². The summed E-state index contributed by atoms with van der Waals surface area (Å²) in [4.78, 5) is 48.3. The van der Waals surface area contributed by atoms with Crippen molar-refractivity contribution in [3.63, 3.8) is 0 Å². The number of carbonyl (C=O) groups is 3. The average molecular weight is 552 g/mol. The highest BCUT2D eigenvalue weighted by molar-refractivity contribution is 5.99. The third kappa shape index (κ3) is 4.59. The number of ether oxygens (including phenoxy) is 1. The summed E-state index contributed by atoms with van der Waals surface area (Å²) >= 11 is 0. The molecule has 1 spiro atoms. The van der Waals surface area contributed by atoms with Crippen LogP contribution in [0.4, 0.5) is 0 Å². The summed E-state index contributed by atoms with van der Waals surface area (Å²) in [5.74, 6) is -2.34. The van der Waals surface area contributed by atoms with E-state index in [1.165, 1.54) is 0 Å². The van der Waals surface area contributed by atoms with Gasteiger partial charge in [-0.05, 0) is 45.1 Å². The molecule has 3 unspecified atom stereocenters. The molecule has 7 atom stereocenters. The van der Waals surface area contributed by atoms with Crippen molar-refractivity contribution in [2.24, 2.45) is 17.8 Å². The number of rotatable bonds is 12. The van der Waals surface area contributed by atoms with E-state index >= 15 is 0 Å². The van der Waals surface area contributed by atoms with E-state index in [1.54, 1.807) is 26.9 Å². The Hall–Kier alpha value is -2.97. The van der Waals surface area contributed by atoms with Crippen LogP contribution >= 0.6 is 0 Å². The van der Waals surface area contributed by atoms with E-state index in [4.69, 9.17) is 4.74 Å². The molecule has 40 heavy (non-hydrogen) atoms. The third-order valence-corrected chi connectivity index (χ3v) is 9.44. The molecule has 1 aromatic rings. The van der Waals surface area contributed by atoms with Crippen LogP contribution in [0.3, 0.4) is 0 Å². The number of aliphatic hydroxyl groups excluding tert-OH is 1. The molecule has 2 bridgehead atoms. The largest absolute Gasteiger partial charge is 0.394 e. The molecule has 3 aliphatic heterocycles. The predicted octanol–water partition coefficient (Wildman–Crippen LogP) is 3.41. The van der Waals surface area contributed by atoms with Gasteiger partial charge in [0.2, 0.25) is 17.7 Å². The molecular weight excluding hydrogens is 506 g/mol. The predicted molar refractivity (Wildman–Crippen MR) is 154 cm³/mol. The normalized spacial score (nSPS) is 31.3. The smallest absolute Gasteiger partial charge is 0.248 e. The molecule has 1 N–H and O–H groups in total. The van der Waals surface area contributed by atoms with E-state index in [1.807, 2.05) is 65.0 Å². The average Bonchev–Trinajstić information content (AvgIpc) is 3.44. The van der Waals surface area contributed by atoms with Gasteiger partial charge in [-0.1, -0.05) is 56.3 Å². The number of carbonyl (C=O) groups excluding carboxylic acids is 3. The third-order valence-electron chi connectivity index (χ3n) is 9.44. The number of fused-ring (bicyclic) bond motifs is 1. The van der Waals surface area contributed by atoms with E-state index in [2.05, 4.69) is 13.2 Å². The van der Waals surface area contributed by atoms with Crippen LogP contribution in [0.25, 0.3) is 0 Å². The summed E-state index contributed by atoms with van der Waals surface area (Å²) in [6.07, 6.45) is 4.33. The first-order valence-corrected chi connectivity index (χ1v) is 14.5. The Morgan fingerprint density at radius 1 is 1.18 bits per heavy atom. The Labute approximate surface area is 238 Å². The van der Waals surface area contributed by atoms with Crippen molar-refractivity contribution in [2.45, 2.75) is 83.3 Å². The number of likely N-dealkylation sites (tertiary alicyclic amines) is 1. The second-order valence-electron chi connectivity index (χ2n) is 12.1. The van der Waals surface area contributed by atoms with E-state index in [9.17, 15) is 19.5 Å². The highest BCUT2D eigenvalue weighted by atomic mass is 16.5. The molecule has 3 saturated heterocycles. The summed E-state index contributed by atoms with van der Waals surface area (Å²) in [6, 6.07) is 8.10. The van der Waals surface area contributed by atoms with Gasteiger partial charge in [0.15, 0.2) is 0 Å². The van der Waals surface area contributed by atoms with Gasteiger partial charge in [-0.2, -0.15) is 0 Å². The first-order valence-electron chi connectivity index (χ1n) is 14.5. The lowest BCUT2D eigenvalue weighted by molar-refractivity contribution is -0.158. The van der Waals surface area contributed by atoms with Gasteiger partial charge in [0.05, 0.1) is 30.1 Å². The van der Waals surface area contributed by atoms with Crippen molar-refractivity contribution in [1.29, 1.82) is 0 Å². The highest BCUT2D eigenvalue weighted by Crippen LogP contribution is 2.66. The van der Waals surface area contributed by atoms with E-state index in [0.717, 1.165) is 5.56 Å². The molecule has 3 amide bonds. The molecule has 4 rings (SSSR count). The summed E-state index contributed by atoms with van der Waals surface area (Å²) in [6.45, 7) is 18.2. The van der Waals surface area contributed by atoms with Crippen molar-refractivity contribution in [3.8, 4) is 0 Å². The first-order chi connectivity index (χ1) is 19.0. The monoisotopic (exact) mass is 551 g/mol. The molecule has 8 heteroatoms. The van der Waals surface area contributed by atoms with Gasteiger partial charge in [0, 0.05) is 25.7 Å². The topological polar surface area (TPSA) is 90.4 Å². The molecule has 1 aromatic carbocycles. The van der Waals surface area contributed by atoms with Gasteiger partial charge in [0.25, 0.3) is 0 Å². The molecule has 3 aliphatic rings. The number of hydrogen-bond donors (Lipinski definition) is 1. The molecule has 0 aliphatic carbocycles. The van der Waals surface area contributed by atoms with Crippen LogP contribution in [0, 0.1) is 17.8 Å². The van der Waals surface area contributed by atoms with Gasteiger partial charge in [0.1, 0.15) is 11.6 Å². The quantitative estimate of drug-likeness (QED) is 0.402. The van der Waals surface area contributed by atoms with E-state index in [-0.39, 0.29) is 36.3 Å². The molecule has 8 nitrogen and oxygen atoms in total. The number of nitrogens with zero attached hydrogens (tertiary/aromatic N) is 3. The standard InChI is InChI=1S/C32H45N3O5/c1-8-16-33(19-23-14-12-11-13-15-23)28(37)25-26-29(38)35(24(10-3)20-36)27(30(39)34(17-9-2)21(4)5)32(26)18-22(6)31(25,7)40-32/h8-9,11-15,21-22,24-27,36H,1-2,10,16-20H2,3-7H3/t22?,24-,25-,26-,27?,31+,32?/m0/s1. The van der Waals surface area contributed by atoms with Crippen LogP contribution in [0.1, 0.15) is 53.0 Å². The Kier molecular flexibility index (Phi) is 8.62. The van der Waals surface area contributed by atoms with E-state index < -0.39 is 35.1 Å². The van der Waals surface area contributed by atoms with Crippen molar-refractivity contribution in [1.82, 2.24) is 14.7 Å². The fourth-order valence-corrected chi connectivity index (χ4v) is 7.38. The van der Waals surface area contributed by atoms with Gasteiger partial charge >= 0.3 is 0 Å². The minimum atomic E-state index is -1.16. The number of benzene rings is 1. The van der Waals surface area contributed by atoms with Crippen molar-refractivity contribution < 1.29 is 24.2 Å². The number of hydrogen-bond acceptors (Lipinski definition) is 5. The minimum absolute atomic E-state index is 0.0656. The SMILES string of the molecule is C=CCN(Cc1ccccc1)C(=O)[C@@H]1[C@H]2C(=O)N([C@@H](CC)CO)C(C(=O)N(CC=C)C(C)C)C23CC(C)[C@@]1(C)O3. The summed E-state index contributed by atoms with van der Waals surface area (Å²) < 4.78 is 6.89. The van der Waals surface area contributed by atoms with Gasteiger partial charge in [-0.15, -0.1) is 13.2 Å². The summed E-state index contributed by atoms with van der Waals surface area (Å²) in [7, 11) is 0. The lowest BCUT2D eigenvalue weighted by Gasteiger charge is -2.40. The Bertz CT molecular complexity index is 1130. The highest BCUT2D eigenvalue weighted by Gasteiger charge is 2.80. The summed E-state index contributed by atoms with van der Waals surface area (Å²) in [5, 5.41) is 10.3. The maximum Gasteiger partial charge on any atom is 0.248 e.